The van der Waals surface area contributed by atoms with Gasteiger partial charge in [0.2, 0.25) is 0 Å². The van der Waals surface area contributed by atoms with Gasteiger partial charge in [-0.25, -0.2) is 0 Å². The van der Waals surface area contributed by atoms with E-state index in [0.717, 1.165) is 36.9 Å². The van der Waals surface area contributed by atoms with Gasteiger partial charge < -0.3 is 5.32 Å². The Kier molecular flexibility index (Phi) is 13.5. The first-order valence-corrected chi connectivity index (χ1v) is 22.5. The lowest BCUT2D eigenvalue weighted by Gasteiger charge is -2.19. The molecule has 1 aliphatic heterocycles. The average molecular weight is 784 g/mol. The minimum absolute atomic E-state index is 0.379. The molecule has 0 fully saturated rings. The summed E-state index contributed by atoms with van der Waals surface area (Å²) in [5.41, 5.74) is 20.6. The molecule has 1 N–H and O–H groups in total. The molecule has 0 amide bonds. The zero-order valence-electron chi connectivity index (χ0n) is 36.8. The summed E-state index contributed by atoms with van der Waals surface area (Å²) in [7, 11) is 0. The Morgan fingerprint density at radius 3 is 2.05 bits per heavy atom. The first-order chi connectivity index (χ1) is 29.6. The minimum Gasteiger partial charge on any atom is -0.388 e. The van der Waals surface area contributed by atoms with Gasteiger partial charge >= 0.3 is 0 Å². The molecular weight excluding hydrogens is 723 g/mol. The molecule has 1 nitrogen and oxygen atoms in total. The first-order valence-electron chi connectivity index (χ1n) is 22.5. The quantitative estimate of drug-likeness (QED) is 0.159. The Hall–Kier alpha value is -6.18. The van der Waals surface area contributed by atoms with Crippen molar-refractivity contribution in [3.05, 3.63) is 204 Å². The van der Waals surface area contributed by atoms with E-state index in [4.69, 9.17) is 6.58 Å². The van der Waals surface area contributed by atoms with Crippen molar-refractivity contribution in [1.29, 1.82) is 0 Å². The van der Waals surface area contributed by atoms with Crippen LogP contribution in [-0.2, 0) is 0 Å². The summed E-state index contributed by atoms with van der Waals surface area (Å²) in [6, 6.07) is 36.3. The number of benzene rings is 5. The van der Waals surface area contributed by atoms with Gasteiger partial charge in [0.1, 0.15) is 0 Å². The van der Waals surface area contributed by atoms with Crippen LogP contribution in [0.2, 0.25) is 0 Å². The molecule has 5 aromatic rings. The maximum absolute atomic E-state index is 4.71. The molecule has 10 rings (SSSR count). The van der Waals surface area contributed by atoms with Gasteiger partial charge in [-0.2, -0.15) is 0 Å². The fourth-order valence-corrected chi connectivity index (χ4v) is 9.34. The molecule has 5 aliphatic rings. The van der Waals surface area contributed by atoms with Crippen molar-refractivity contribution in [2.75, 3.05) is 6.54 Å². The Labute approximate surface area is 360 Å². The summed E-state index contributed by atoms with van der Waals surface area (Å²) in [4.78, 5) is 0. The monoisotopic (exact) mass is 783 g/mol. The van der Waals surface area contributed by atoms with Gasteiger partial charge in [0.15, 0.2) is 0 Å². The van der Waals surface area contributed by atoms with Gasteiger partial charge in [-0.3, -0.25) is 0 Å². The van der Waals surface area contributed by atoms with Crippen molar-refractivity contribution < 1.29 is 0 Å². The summed E-state index contributed by atoms with van der Waals surface area (Å²) in [6.07, 6.45) is 28.4. The standard InChI is InChI=1S/C53H43N.3C2H6/c1-34(19-26-49-45-12-5-3-4-11-43(45)44-13-6-7-14-46(44)49)39-31-40(38-24-21-36(22-25-38)20-23-37-29-30-54-35(37)2)33-41(32-39)42-27-28-52-48-16-9-8-15-47(48)51-18-10-17-50(42)53(51)52;3*1-2/h3-4,6-11,13-28,31-33,44,46,54H,1,5,12,29-30H2,2H3;3*1-2H3/b23-20-,26-19-;;;. The van der Waals surface area contributed by atoms with Gasteiger partial charge in [-0.15, -0.1) is 0 Å². The van der Waals surface area contributed by atoms with Crippen LogP contribution in [0.1, 0.15) is 78.9 Å². The third kappa shape index (κ3) is 8.06. The number of rotatable bonds is 7. The zero-order valence-corrected chi connectivity index (χ0v) is 36.8. The normalized spacial score (nSPS) is 17.8. The second-order valence-corrected chi connectivity index (χ2v) is 15.2. The summed E-state index contributed by atoms with van der Waals surface area (Å²) >= 11 is 0. The smallest absolute Gasteiger partial charge is 0.0185 e. The molecule has 2 atom stereocenters. The van der Waals surface area contributed by atoms with E-state index < -0.39 is 0 Å². The predicted molar refractivity (Wildman–Crippen MR) is 265 cm³/mol. The van der Waals surface area contributed by atoms with Gasteiger partial charge in [0, 0.05) is 24.1 Å². The van der Waals surface area contributed by atoms with E-state index in [1.165, 1.54) is 88.8 Å². The van der Waals surface area contributed by atoms with Crippen LogP contribution < -0.4 is 5.32 Å². The molecule has 2 unspecified atom stereocenters. The molecule has 5 aromatic carbocycles. The third-order valence-electron chi connectivity index (χ3n) is 12.1. The number of hydrogen-bond acceptors (Lipinski definition) is 1. The molecule has 0 bridgehead atoms. The van der Waals surface area contributed by atoms with Gasteiger partial charge in [0.05, 0.1) is 0 Å². The second kappa shape index (κ2) is 19.3. The molecule has 4 aliphatic carbocycles. The van der Waals surface area contributed by atoms with E-state index in [2.05, 4.69) is 176 Å². The van der Waals surface area contributed by atoms with Crippen LogP contribution in [0, 0.1) is 11.8 Å². The van der Waals surface area contributed by atoms with Crippen LogP contribution in [0.15, 0.2) is 192 Å². The van der Waals surface area contributed by atoms with E-state index in [-0.39, 0.29) is 0 Å². The lowest BCUT2D eigenvalue weighted by Crippen LogP contribution is -2.09. The van der Waals surface area contributed by atoms with E-state index >= 15 is 0 Å². The molecule has 0 saturated carbocycles. The molecule has 0 spiro atoms. The van der Waals surface area contributed by atoms with Crippen molar-refractivity contribution >= 4 is 22.4 Å². The highest BCUT2D eigenvalue weighted by Gasteiger charge is 2.35. The summed E-state index contributed by atoms with van der Waals surface area (Å²) in [6.45, 7) is 19.9. The molecule has 0 aromatic heterocycles. The highest BCUT2D eigenvalue weighted by atomic mass is 14.9. The van der Waals surface area contributed by atoms with Gasteiger partial charge in [0.25, 0.3) is 0 Å². The Balaban J connectivity index is 0.000000871. The molecule has 1 heterocycles. The fourth-order valence-electron chi connectivity index (χ4n) is 9.34. The van der Waals surface area contributed by atoms with Gasteiger partial charge in [-0.1, -0.05) is 194 Å². The van der Waals surface area contributed by atoms with Crippen molar-refractivity contribution in [2.45, 2.75) is 67.7 Å². The SMILES string of the molecule is C=C(/C=C\C1=C2CCC=CC=C2C2C=CC=CC12)c1cc(-c2ccc(/C=C\C3=C(C)NCC3)cc2)cc(-c2ccc3c4c(cccc24)-c2ccccc2-3)c1.CC.CC.CC. The summed E-state index contributed by atoms with van der Waals surface area (Å²) in [5.74, 6) is 0.794. The summed E-state index contributed by atoms with van der Waals surface area (Å²) in [5, 5.41) is 6.09. The summed E-state index contributed by atoms with van der Waals surface area (Å²) < 4.78 is 0. The fraction of sp³-hybridized carbons (Fsp3) is 0.220. The Morgan fingerprint density at radius 1 is 0.633 bits per heavy atom. The zero-order chi connectivity index (χ0) is 42.2. The molecule has 1 heteroatoms. The minimum atomic E-state index is 0.379. The van der Waals surface area contributed by atoms with Crippen LogP contribution >= 0.6 is 0 Å². The van der Waals surface area contributed by atoms with Crippen LogP contribution in [0.3, 0.4) is 0 Å². The lowest BCUT2D eigenvalue weighted by molar-refractivity contribution is 0.656. The third-order valence-corrected chi connectivity index (χ3v) is 12.1. The average Bonchev–Trinajstić information content (AvgIpc) is 3.90. The van der Waals surface area contributed by atoms with Crippen molar-refractivity contribution in [2.24, 2.45) is 11.8 Å². The Bertz CT molecular complexity index is 2610. The topological polar surface area (TPSA) is 12.0 Å². The highest BCUT2D eigenvalue weighted by Crippen LogP contribution is 2.50. The largest absolute Gasteiger partial charge is 0.388 e. The number of nitrogens with one attached hydrogen (secondary N) is 1. The second-order valence-electron chi connectivity index (χ2n) is 15.2. The van der Waals surface area contributed by atoms with E-state index in [9.17, 15) is 0 Å². The first kappa shape index (κ1) is 42.0. The highest BCUT2D eigenvalue weighted by molar-refractivity contribution is 6.18. The molecule has 60 heavy (non-hydrogen) atoms. The lowest BCUT2D eigenvalue weighted by atomic mass is 9.85. The van der Waals surface area contributed by atoms with E-state index in [0.29, 0.717) is 11.8 Å². The van der Waals surface area contributed by atoms with Crippen LogP contribution in [-0.4, -0.2) is 6.54 Å². The number of fused-ring (bicyclic) bond motifs is 6. The van der Waals surface area contributed by atoms with Gasteiger partial charge in [-0.05, 0) is 139 Å². The van der Waals surface area contributed by atoms with Crippen LogP contribution in [0.25, 0.3) is 66.9 Å². The molecule has 0 radical (unpaired) electrons. The van der Waals surface area contributed by atoms with Crippen LogP contribution in [0.4, 0.5) is 0 Å². The predicted octanol–water partition coefficient (Wildman–Crippen LogP) is 16.7. The van der Waals surface area contributed by atoms with Crippen molar-refractivity contribution in [1.82, 2.24) is 5.32 Å². The number of hydrogen-bond donors (Lipinski definition) is 1. The maximum atomic E-state index is 4.71. The van der Waals surface area contributed by atoms with Crippen molar-refractivity contribution in [3.8, 4) is 44.5 Å². The maximum Gasteiger partial charge on any atom is 0.0185 e. The van der Waals surface area contributed by atoms with Crippen molar-refractivity contribution in [3.63, 3.8) is 0 Å². The molecular formula is C59H61N. The molecule has 0 saturated heterocycles. The van der Waals surface area contributed by atoms with E-state index in [1.807, 2.05) is 41.5 Å². The molecule has 302 valence electrons. The van der Waals surface area contributed by atoms with E-state index in [1.54, 1.807) is 0 Å². The van der Waals surface area contributed by atoms with Crippen LogP contribution in [0.5, 0.6) is 0 Å². The Morgan fingerprint density at radius 2 is 1.32 bits per heavy atom. The number of allylic oxidation sites excluding steroid dienone is 15.